The van der Waals surface area contributed by atoms with E-state index in [0.29, 0.717) is 17.9 Å². The van der Waals surface area contributed by atoms with Gasteiger partial charge in [-0.1, -0.05) is 0 Å². The van der Waals surface area contributed by atoms with Crippen molar-refractivity contribution in [3.8, 4) is 5.88 Å². The summed E-state index contributed by atoms with van der Waals surface area (Å²) in [7, 11) is 0. The zero-order valence-corrected chi connectivity index (χ0v) is 10.2. The number of hydrogen-bond donors (Lipinski definition) is 2. The summed E-state index contributed by atoms with van der Waals surface area (Å²) >= 11 is 1.56. The normalized spacial score (nSPS) is 16.5. The Kier molecular flexibility index (Phi) is 2.82. The molecule has 5 nitrogen and oxygen atoms in total. The van der Waals surface area contributed by atoms with Gasteiger partial charge < -0.3 is 4.74 Å². The lowest BCUT2D eigenvalue weighted by Crippen LogP contribution is -2.15. The monoisotopic (exact) mass is 250 g/mol. The molecule has 1 aliphatic rings. The fourth-order valence-corrected chi connectivity index (χ4v) is 2.90. The van der Waals surface area contributed by atoms with Crippen molar-refractivity contribution in [3.05, 3.63) is 11.4 Å². The van der Waals surface area contributed by atoms with Gasteiger partial charge in [0.05, 0.1) is 5.39 Å². The Morgan fingerprint density at radius 2 is 2.18 bits per heavy atom. The first-order valence-corrected chi connectivity index (χ1v) is 6.63. The molecule has 3 N–H and O–H groups in total. The van der Waals surface area contributed by atoms with E-state index in [9.17, 15) is 0 Å². The van der Waals surface area contributed by atoms with Crippen LogP contribution in [0.3, 0.4) is 0 Å². The SMILES string of the molecule is NNc1nc(OC2CCCC2)c2ccsc2n1. The summed E-state index contributed by atoms with van der Waals surface area (Å²) < 4.78 is 5.95. The quantitative estimate of drug-likeness (QED) is 0.646. The minimum absolute atomic E-state index is 0.290. The van der Waals surface area contributed by atoms with Crippen LogP contribution in [-0.4, -0.2) is 16.1 Å². The molecular formula is C11H14N4OS. The Morgan fingerprint density at radius 3 is 2.94 bits per heavy atom. The molecule has 6 heteroatoms. The average molecular weight is 250 g/mol. The van der Waals surface area contributed by atoms with E-state index >= 15 is 0 Å². The second-order valence-electron chi connectivity index (χ2n) is 4.16. The second kappa shape index (κ2) is 4.46. The Bertz CT molecular complexity index is 521. The molecule has 0 spiro atoms. The van der Waals surface area contributed by atoms with E-state index in [2.05, 4.69) is 15.4 Å². The average Bonchev–Trinajstić information content (AvgIpc) is 2.98. The standard InChI is InChI=1S/C11H14N4OS/c12-15-11-13-9(16-7-3-1-2-4-7)8-5-6-17-10(8)14-11/h5-7H,1-4,12H2,(H,13,14,15). The molecule has 17 heavy (non-hydrogen) atoms. The van der Waals surface area contributed by atoms with E-state index in [0.717, 1.165) is 23.1 Å². The zero-order chi connectivity index (χ0) is 11.7. The highest BCUT2D eigenvalue weighted by molar-refractivity contribution is 7.16. The third-order valence-corrected chi connectivity index (χ3v) is 3.81. The Morgan fingerprint density at radius 1 is 1.35 bits per heavy atom. The molecule has 0 radical (unpaired) electrons. The Hall–Kier alpha value is -1.40. The van der Waals surface area contributed by atoms with Gasteiger partial charge in [0, 0.05) is 0 Å². The molecule has 1 aliphatic carbocycles. The van der Waals surface area contributed by atoms with Crippen molar-refractivity contribution in [2.24, 2.45) is 5.84 Å². The number of aromatic nitrogens is 2. The maximum atomic E-state index is 5.95. The van der Waals surface area contributed by atoms with Gasteiger partial charge >= 0.3 is 0 Å². The van der Waals surface area contributed by atoms with Crippen molar-refractivity contribution in [2.75, 3.05) is 5.43 Å². The first-order valence-electron chi connectivity index (χ1n) is 5.75. The van der Waals surface area contributed by atoms with Crippen LogP contribution in [0.25, 0.3) is 10.2 Å². The Balaban J connectivity index is 1.97. The molecule has 90 valence electrons. The highest BCUT2D eigenvalue weighted by Crippen LogP contribution is 2.31. The Labute approximate surface area is 103 Å². The van der Waals surface area contributed by atoms with Crippen molar-refractivity contribution in [2.45, 2.75) is 31.8 Å². The predicted octanol–water partition coefficient (Wildman–Crippen LogP) is 2.30. The number of hydrazine groups is 1. The first-order chi connectivity index (χ1) is 8.36. The van der Waals surface area contributed by atoms with E-state index in [1.807, 2.05) is 11.4 Å². The number of hydrogen-bond acceptors (Lipinski definition) is 6. The van der Waals surface area contributed by atoms with Crippen LogP contribution in [0.4, 0.5) is 5.95 Å². The summed E-state index contributed by atoms with van der Waals surface area (Å²) in [4.78, 5) is 9.48. The van der Waals surface area contributed by atoms with E-state index in [4.69, 9.17) is 10.6 Å². The minimum atomic E-state index is 0.290. The summed E-state index contributed by atoms with van der Waals surface area (Å²) in [6.45, 7) is 0. The van der Waals surface area contributed by atoms with Gasteiger partial charge in [-0.3, -0.25) is 5.43 Å². The smallest absolute Gasteiger partial charge is 0.241 e. The summed E-state index contributed by atoms with van der Waals surface area (Å²) in [5, 5.41) is 2.96. The minimum Gasteiger partial charge on any atom is -0.474 e. The molecule has 2 heterocycles. The van der Waals surface area contributed by atoms with Gasteiger partial charge in [0.25, 0.3) is 0 Å². The second-order valence-corrected chi connectivity index (χ2v) is 5.06. The third-order valence-electron chi connectivity index (χ3n) is 3.00. The third kappa shape index (κ3) is 2.05. The number of nitrogens with two attached hydrogens (primary N) is 1. The van der Waals surface area contributed by atoms with E-state index in [1.54, 1.807) is 11.3 Å². The molecule has 3 rings (SSSR count). The van der Waals surface area contributed by atoms with Gasteiger partial charge in [-0.2, -0.15) is 4.98 Å². The van der Waals surface area contributed by atoms with Crippen LogP contribution in [0.15, 0.2) is 11.4 Å². The van der Waals surface area contributed by atoms with Crippen LogP contribution < -0.4 is 16.0 Å². The molecule has 0 atom stereocenters. The van der Waals surface area contributed by atoms with Gasteiger partial charge in [0.2, 0.25) is 11.8 Å². The van der Waals surface area contributed by atoms with E-state index in [1.165, 1.54) is 12.8 Å². The number of fused-ring (bicyclic) bond motifs is 1. The molecule has 0 bridgehead atoms. The van der Waals surface area contributed by atoms with Crippen molar-refractivity contribution in [1.29, 1.82) is 0 Å². The number of thiophene rings is 1. The highest BCUT2D eigenvalue weighted by Gasteiger charge is 2.19. The molecule has 0 amide bonds. The maximum absolute atomic E-state index is 5.95. The molecular weight excluding hydrogens is 236 g/mol. The number of nitrogens with zero attached hydrogens (tertiary/aromatic N) is 2. The number of anilines is 1. The summed E-state index contributed by atoms with van der Waals surface area (Å²) in [5.74, 6) is 6.42. The topological polar surface area (TPSA) is 73.1 Å². The number of nitrogens with one attached hydrogen (secondary N) is 1. The van der Waals surface area contributed by atoms with Crippen LogP contribution in [0.2, 0.25) is 0 Å². The molecule has 1 saturated carbocycles. The lowest BCUT2D eigenvalue weighted by molar-refractivity contribution is 0.204. The van der Waals surface area contributed by atoms with Gasteiger partial charge in [-0.05, 0) is 37.1 Å². The maximum Gasteiger partial charge on any atom is 0.241 e. The molecule has 0 aliphatic heterocycles. The summed E-state index contributed by atoms with van der Waals surface area (Å²) in [6.07, 6.45) is 5.00. The molecule has 0 unspecified atom stereocenters. The van der Waals surface area contributed by atoms with Crippen molar-refractivity contribution in [3.63, 3.8) is 0 Å². The van der Waals surface area contributed by atoms with Crippen LogP contribution in [0, 0.1) is 0 Å². The van der Waals surface area contributed by atoms with Crippen LogP contribution in [0.5, 0.6) is 5.88 Å². The first kappa shape index (κ1) is 10.7. The van der Waals surface area contributed by atoms with Crippen LogP contribution in [-0.2, 0) is 0 Å². The van der Waals surface area contributed by atoms with Crippen LogP contribution in [0.1, 0.15) is 25.7 Å². The number of nitrogen functional groups attached to an aromatic ring is 1. The van der Waals surface area contributed by atoms with Gasteiger partial charge in [-0.25, -0.2) is 10.8 Å². The van der Waals surface area contributed by atoms with Gasteiger partial charge in [0.1, 0.15) is 10.9 Å². The summed E-state index contributed by atoms with van der Waals surface area (Å²) in [6, 6.07) is 1.99. The molecule has 2 aromatic rings. The zero-order valence-electron chi connectivity index (χ0n) is 9.35. The lowest BCUT2D eigenvalue weighted by Gasteiger charge is -2.13. The van der Waals surface area contributed by atoms with E-state index in [-0.39, 0.29) is 0 Å². The highest BCUT2D eigenvalue weighted by atomic mass is 32.1. The lowest BCUT2D eigenvalue weighted by atomic mass is 10.3. The molecule has 0 saturated heterocycles. The number of ether oxygens (including phenoxy) is 1. The van der Waals surface area contributed by atoms with Crippen molar-refractivity contribution < 1.29 is 4.74 Å². The fraction of sp³-hybridized carbons (Fsp3) is 0.455. The van der Waals surface area contributed by atoms with Crippen molar-refractivity contribution >= 4 is 27.5 Å². The van der Waals surface area contributed by atoms with Crippen LogP contribution >= 0.6 is 11.3 Å². The van der Waals surface area contributed by atoms with Gasteiger partial charge in [0.15, 0.2) is 0 Å². The number of rotatable bonds is 3. The largest absolute Gasteiger partial charge is 0.474 e. The fourth-order valence-electron chi connectivity index (χ4n) is 2.15. The predicted molar refractivity (Wildman–Crippen MR) is 68.1 cm³/mol. The molecule has 1 fully saturated rings. The molecule has 2 aromatic heterocycles. The van der Waals surface area contributed by atoms with Gasteiger partial charge in [-0.15, -0.1) is 11.3 Å². The molecule has 0 aromatic carbocycles. The van der Waals surface area contributed by atoms with E-state index < -0.39 is 0 Å². The van der Waals surface area contributed by atoms with Crippen molar-refractivity contribution in [1.82, 2.24) is 9.97 Å². The summed E-state index contributed by atoms with van der Waals surface area (Å²) in [5.41, 5.74) is 2.48.